The van der Waals surface area contributed by atoms with Crippen LogP contribution < -0.4 is 5.32 Å². The summed E-state index contributed by atoms with van der Waals surface area (Å²) in [5.41, 5.74) is 4.71. The van der Waals surface area contributed by atoms with Crippen LogP contribution >= 0.6 is 0 Å². The summed E-state index contributed by atoms with van der Waals surface area (Å²) in [6.07, 6.45) is 7.00. The molecule has 2 aromatic heterocycles. The number of carbonyl (C=O) groups excluding carboxylic acids is 1. The SMILES string of the molecule is CCN1CCN(CCc2ccc(Cc3nc(Nc4ccc(F)cn4)cc4c3C(=O)CC=C4)cc2)CC1. The maximum Gasteiger partial charge on any atom is 0.169 e. The number of halogens is 1. The lowest BCUT2D eigenvalue weighted by molar-refractivity contribution is 0.0993. The normalized spacial score (nSPS) is 16.2. The Hall–Kier alpha value is -3.42. The van der Waals surface area contributed by atoms with E-state index in [1.165, 1.54) is 11.6 Å². The Morgan fingerprint density at radius 3 is 2.44 bits per heavy atom. The topological polar surface area (TPSA) is 61.4 Å². The van der Waals surface area contributed by atoms with Gasteiger partial charge in [-0.05, 0) is 47.9 Å². The Kier molecular flexibility index (Phi) is 7.49. The Morgan fingerprint density at radius 1 is 0.972 bits per heavy atom. The van der Waals surface area contributed by atoms with Crippen molar-refractivity contribution in [3.63, 3.8) is 0 Å². The number of fused-ring (bicyclic) bond motifs is 1. The number of piperazine rings is 1. The number of likely N-dealkylation sites (N-methyl/N-ethyl adjacent to an activating group) is 1. The highest BCUT2D eigenvalue weighted by Crippen LogP contribution is 2.27. The molecule has 36 heavy (non-hydrogen) atoms. The molecule has 0 radical (unpaired) electrons. The number of carbonyl (C=O) groups is 1. The first-order valence-electron chi connectivity index (χ1n) is 12.7. The van der Waals surface area contributed by atoms with Gasteiger partial charge in [0, 0.05) is 51.1 Å². The molecule has 1 N–H and O–H groups in total. The lowest BCUT2D eigenvalue weighted by Crippen LogP contribution is -2.46. The van der Waals surface area contributed by atoms with E-state index in [2.05, 4.69) is 51.3 Å². The molecular formula is C29H32FN5O. The van der Waals surface area contributed by atoms with Crippen LogP contribution in [0.3, 0.4) is 0 Å². The van der Waals surface area contributed by atoms with Crippen LogP contribution in [0.15, 0.2) is 54.7 Å². The maximum absolute atomic E-state index is 13.2. The molecule has 1 aliphatic heterocycles. The number of ketones is 1. The van der Waals surface area contributed by atoms with Gasteiger partial charge in [0.05, 0.1) is 11.9 Å². The average Bonchev–Trinajstić information content (AvgIpc) is 2.90. The molecule has 1 saturated heterocycles. The molecule has 2 aliphatic rings. The van der Waals surface area contributed by atoms with Gasteiger partial charge in [-0.3, -0.25) is 4.79 Å². The van der Waals surface area contributed by atoms with Crippen LogP contribution in [0.25, 0.3) is 6.08 Å². The minimum absolute atomic E-state index is 0.0845. The van der Waals surface area contributed by atoms with Crippen LogP contribution in [0.2, 0.25) is 0 Å². The van der Waals surface area contributed by atoms with Gasteiger partial charge in [-0.1, -0.05) is 43.3 Å². The summed E-state index contributed by atoms with van der Waals surface area (Å²) in [6.45, 7) is 9.05. The number of rotatable bonds is 8. The Bertz CT molecular complexity index is 1230. The molecule has 186 valence electrons. The molecule has 0 saturated carbocycles. The summed E-state index contributed by atoms with van der Waals surface area (Å²) in [5, 5.41) is 3.14. The van der Waals surface area contributed by atoms with E-state index in [0.29, 0.717) is 30.0 Å². The molecule has 5 rings (SSSR count). The van der Waals surface area contributed by atoms with Gasteiger partial charge in [-0.15, -0.1) is 0 Å². The Morgan fingerprint density at radius 2 is 1.72 bits per heavy atom. The standard InChI is InChI=1S/C29H32FN5O/c1-2-34-14-16-35(17-15-34)13-12-21-6-8-22(9-7-21)18-25-29-23(4-3-5-26(29)36)19-28(32-25)33-27-11-10-24(30)20-31-27/h3-4,6-11,19-20H,2,5,12-18H2,1H3,(H,31,32,33). The van der Waals surface area contributed by atoms with Crippen LogP contribution in [0.1, 0.15) is 46.1 Å². The van der Waals surface area contributed by atoms with Gasteiger partial charge in [0.15, 0.2) is 5.78 Å². The molecule has 3 heterocycles. The molecule has 6 nitrogen and oxygen atoms in total. The largest absolute Gasteiger partial charge is 0.325 e. The number of hydrogen-bond donors (Lipinski definition) is 1. The van der Waals surface area contributed by atoms with Crippen molar-refractivity contribution in [2.75, 3.05) is 44.6 Å². The third-order valence-electron chi connectivity index (χ3n) is 7.01. The van der Waals surface area contributed by atoms with E-state index < -0.39 is 5.82 Å². The van der Waals surface area contributed by atoms with E-state index in [4.69, 9.17) is 4.98 Å². The second kappa shape index (κ2) is 11.1. The summed E-state index contributed by atoms with van der Waals surface area (Å²) in [6, 6.07) is 13.4. The van der Waals surface area contributed by atoms with E-state index in [1.807, 2.05) is 18.2 Å². The summed E-state index contributed by atoms with van der Waals surface area (Å²) in [4.78, 5) is 26.6. The lowest BCUT2D eigenvalue weighted by Gasteiger charge is -2.34. The van der Waals surface area contributed by atoms with Crippen molar-refractivity contribution in [3.05, 3.63) is 88.5 Å². The number of hydrogen-bond acceptors (Lipinski definition) is 6. The molecule has 7 heteroatoms. The Labute approximate surface area is 211 Å². The highest BCUT2D eigenvalue weighted by molar-refractivity contribution is 6.04. The first-order chi connectivity index (χ1) is 17.6. The van der Waals surface area contributed by atoms with Gasteiger partial charge in [0.2, 0.25) is 0 Å². The summed E-state index contributed by atoms with van der Waals surface area (Å²) >= 11 is 0. The minimum Gasteiger partial charge on any atom is -0.325 e. The zero-order chi connectivity index (χ0) is 24.9. The molecule has 1 aliphatic carbocycles. The third-order valence-corrected chi connectivity index (χ3v) is 7.01. The van der Waals surface area contributed by atoms with Crippen molar-refractivity contribution in [1.29, 1.82) is 0 Å². The number of nitrogens with zero attached hydrogens (tertiary/aromatic N) is 4. The maximum atomic E-state index is 13.2. The van der Waals surface area contributed by atoms with E-state index in [-0.39, 0.29) is 5.78 Å². The molecule has 1 aromatic carbocycles. The van der Waals surface area contributed by atoms with Gasteiger partial charge >= 0.3 is 0 Å². The van der Waals surface area contributed by atoms with Crippen LogP contribution in [0, 0.1) is 5.82 Å². The number of aromatic nitrogens is 2. The first-order valence-corrected chi connectivity index (χ1v) is 12.7. The van der Waals surface area contributed by atoms with Crippen LogP contribution in [-0.4, -0.2) is 64.8 Å². The van der Waals surface area contributed by atoms with Gasteiger partial charge in [-0.25, -0.2) is 14.4 Å². The van der Waals surface area contributed by atoms with E-state index in [9.17, 15) is 9.18 Å². The smallest absolute Gasteiger partial charge is 0.169 e. The molecule has 1 fully saturated rings. The highest BCUT2D eigenvalue weighted by Gasteiger charge is 2.21. The van der Waals surface area contributed by atoms with Crippen molar-refractivity contribution in [3.8, 4) is 0 Å². The van der Waals surface area contributed by atoms with Gasteiger partial charge < -0.3 is 15.1 Å². The third kappa shape index (κ3) is 5.86. The summed E-state index contributed by atoms with van der Waals surface area (Å²) in [5.74, 6) is 0.778. The molecule has 0 spiro atoms. The van der Waals surface area contributed by atoms with Crippen LogP contribution in [0.4, 0.5) is 16.0 Å². The Balaban J connectivity index is 1.29. The van der Waals surface area contributed by atoms with Crippen molar-refractivity contribution in [2.24, 2.45) is 0 Å². The number of anilines is 2. The summed E-state index contributed by atoms with van der Waals surface area (Å²) in [7, 11) is 0. The second-order valence-corrected chi connectivity index (χ2v) is 9.45. The van der Waals surface area contributed by atoms with Crippen molar-refractivity contribution in [1.82, 2.24) is 19.8 Å². The van der Waals surface area contributed by atoms with E-state index in [1.54, 1.807) is 6.07 Å². The minimum atomic E-state index is -0.393. The van der Waals surface area contributed by atoms with Crippen molar-refractivity contribution < 1.29 is 9.18 Å². The first kappa shape index (κ1) is 24.3. The number of nitrogens with one attached hydrogen (secondary N) is 1. The van der Waals surface area contributed by atoms with Gasteiger partial charge in [0.25, 0.3) is 0 Å². The average molecular weight is 486 g/mol. The lowest BCUT2D eigenvalue weighted by atomic mass is 9.92. The predicted molar refractivity (Wildman–Crippen MR) is 141 cm³/mol. The fourth-order valence-corrected chi connectivity index (χ4v) is 4.87. The molecule has 0 unspecified atom stereocenters. The van der Waals surface area contributed by atoms with E-state index >= 15 is 0 Å². The van der Waals surface area contributed by atoms with Crippen LogP contribution in [0.5, 0.6) is 0 Å². The number of benzene rings is 1. The fourth-order valence-electron chi connectivity index (χ4n) is 4.87. The molecular weight excluding hydrogens is 453 g/mol. The monoisotopic (exact) mass is 485 g/mol. The van der Waals surface area contributed by atoms with Gasteiger partial charge in [0.1, 0.15) is 17.5 Å². The second-order valence-electron chi connectivity index (χ2n) is 9.45. The quantitative estimate of drug-likeness (QED) is 0.498. The number of pyridine rings is 2. The molecule has 0 amide bonds. The molecule has 0 atom stereocenters. The van der Waals surface area contributed by atoms with Crippen molar-refractivity contribution in [2.45, 2.75) is 26.2 Å². The molecule has 3 aromatic rings. The predicted octanol–water partition coefficient (Wildman–Crippen LogP) is 4.73. The summed E-state index contributed by atoms with van der Waals surface area (Å²) < 4.78 is 13.2. The fraction of sp³-hybridized carbons (Fsp3) is 0.345. The number of allylic oxidation sites excluding steroid dienone is 1. The van der Waals surface area contributed by atoms with Crippen molar-refractivity contribution >= 4 is 23.5 Å². The number of Topliss-reactive ketones (excluding diaryl/α,β-unsaturated/α-hetero) is 1. The highest BCUT2D eigenvalue weighted by atomic mass is 19.1. The van der Waals surface area contributed by atoms with Gasteiger partial charge in [-0.2, -0.15) is 0 Å². The van der Waals surface area contributed by atoms with E-state index in [0.717, 1.165) is 68.7 Å². The zero-order valence-corrected chi connectivity index (χ0v) is 20.7. The molecule has 0 bridgehead atoms. The van der Waals surface area contributed by atoms with Crippen LogP contribution in [-0.2, 0) is 12.8 Å². The zero-order valence-electron chi connectivity index (χ0n) is 20.7.